The molecular formula is C20H15FN4O2. The van der Waals surface area contributed by atoms with Crippen LogP contribution in [0, 0.1) is 5.82 Å². The number of aromatic nitrogens is 3. The molecule has 0 saturated heterocycles. The van der Waals surface area contributed by atoms with Crippen LogP contribution in [0.2, 0.25) is 0 Å². The van der Waals surface area contributed by atoms with Crippen LogP contribution in [-0.2, 0) is 6.61 Å². The molecule has 2 aromatic carbocycles. The van der Waals surface area contributed by atoms with Gasteiger partial charge in [0.25, 0.3) is 0 Å². The third-order valence-corrected chi connectivity index (χ3v) is 3.86. The average Bonchev–Trinajstić information content (AvgIpc) is 2.69. The van der Waals surface area contributed by atoms with Crippen molar-refractivity contribution in [2.45, 2.75) is 6.61 Å². The number of aromatic hydroxyl groups is 1. The Morgan fingerprint density at radius 2 is 1.96 bits per heavy atom. The summed E-state index contributed by atoms with van der Waals surface area (Å²) < 4.78 is 19.9. The minimum atomic E-state index is -0.483. The molecule has 4 aromatic rings. The maximum Gasteiger partial charge on any atom is 0.227 e. The molecule has 0 unspecified atom stereocenters. The minimum absolute atomic E-state index is 0.138. The molecule has 2 heterocycles. The Labute approximate surface area is 154 Å². The first kappa shape index (κ1) is 16.7. The average molecular weight is 362 g/mol. The van der Waals surface area contributed by atoms with Gasteiger partial charge in [-0.3, -0.25) is 4.98 Å². The largest absolute Gasteiger partial charge is 0.508 e. The molecular weight excluding hydrogens is 347 g/mol. The van der Waals surface area contributed by atoms with E-state index < -0.39 is 5.82 Å². The van der Waals surface area contributed by atoms with Crippen molar-refractivity contribution in [1.29, 1.82) is 0 Å². The van der Waals surface area contributed by atoms with Crippen LogP contribution >= 0.6 is 0 Å². The topological polar surface area (TPSA) is 80.2 Å². The van der Waals surface area contributed by atoms with Gasteiger partial charge in [0.2, 0.25) is 5.95 Å². The number of ether oxygens (including phenoxy) is 1. The highest BCUT2D eigenvalue weighted by Crippen LogP contribution is 2.24. The van der Waals surface area contributed by atoms with Gasteiger partial charge in [-0.05, 0) is 42.5 Å². The molecule has 0 radical (unpaired) electrons. The van der Waals surface area contributed by atoms with E-state index in [0.717, 1.165) is 5.69 Å². The molecule has 0 saturated carbocycles. The summed E-state index contributed by atoms with van der Waals surface area (Å²) in [5, 5.41) is 13.0. The number of fused-ring (bicyclic) bond motifs is 1. The van der Waals surface area contributed by atoms with Crippen molar-refractivity contribution in [2.24, 2.45) is 0 Å². The molecule has 7 heteroatoms. The van der Waals surface area contributed by atoms with Crippen molar-refractivity contribution in [3.05, 3.63) is 78.5 Å². The Bertz CT molecular complexity index is 1090. The number of nitrogens with one attached hydrogen (secondary N) is 1. The number of hydrogen-bond acceptors (Lipinski definition) is 6. The maximum atomic E-state index is 14.4. The summed E-state index contributed by atoms with van der Waals surface area (Å²) in [6.45, 7) is 0.258. The summed E-state index contributed by atoms with van der Waals surface area (Å²) >= 11 is 0. The predicted molar refractivity (Wildman–Crippen MR) is 99.5 cm³/mol. The van der Waals surface area contributed by atoms with E-state index in [9.17, 15) is 9.50 Å². The molecule has 0 aliphatic heterocycles. The molecule has 0 amide bonds. The standard InChI is InChI=1S/C20H15FN4O2/c21-17-10-16(27-12-14-3-1-2-8-22-14)5-7-19(17)25-20-23-11-13-9-15(26)4-6-18(13)24-20/h1-11,26H,12H2,(H,23,24,25). The number of halogens is 1. The van der Waals surface area contributed by atoms with E-state index in [1.54, 1.807) is 36.7 Å². The fourth-order valence-corrected chi connectivity index (χ4v) is 2.53. The monoisotopic (exact) mass is 362 g/mol. The molecule has 2 aromatic heterocycles. The Kier molecular flexibility index (Phi) is 4.49. The van der Waals surface area contributed by atoms with Gasteiger partial charge in [-0.2, -0.15) is 0 Å². The van der Waals surface area contributed by atoms with E-state index in [4.69, 9.17) is 4.74 Å². The lowest BCUT2D eigenvalue weighted by atomic mass is 10.2. The van der Waals surface area contributed by atoms with Gasteiger partial charge in [0.15, 0.2) is 0 Å². The lowest BCUT2D eigenvalue weighted by molar-refractivity contribution is 0.300. The Morgan fingerprint density at radius 3 is 2.78 bits per heavy atom. The van der Waals surface area contributed by atoms with Crippen LogP contribution in [0.1, 0.15) is 5.69 Å². The third kappa shape index (κ3) is 3.92. The van der Waals surface area contributed by atoms with E-state index in [1.165, 1.54) is 12.1 Å². The second-order valence-corrected chi connectivity index (χ2v) is 5.81. The molecule has 2 N–H and O–H groups in total. The molecule has 6 nitrogen and oxygen atoms in total. The fraction of sp³-hybridized carbons (Fsp3) is 0.0500. The highest BCUT2D eigenvalue weighted by Gasteiger charge is 2.08. The van der Waals surface area contributed by atoms with Crippen LogP contribution in [0.15, 0.2) is 67.0 Å². The zero-order valence-corrected chi connectivity index (χ0v) is 14.1. The number of benzene rings is 2. The SMILES string of the molecule is Oc1ccc2nc(Nc3ccc(OCc4ccccn4)cc3F)ncc2c1. The van der Waals surface area contributed by atoms with Crippen LogP contribution in [0.5, 0.6) is 11.5 Å². The van der Waals surface area contributed by atoms with Gasteiger partial charge in [0.1, 0.15) is 23.9 Å². The van der Waals surface area contributed by atoms with Crippen LogP contribution in [-0.4, -0.2) is 20.1 Å². The van der Waals surface area contributed by atoms with Gasteiger partial charge < -0.3 is 15.2 Å². The summed E-state index contributed by atoms with van der Waals surface area (Å²) in [6, 6.07) is 14.8. The van der Waals surface area contributed by atoms with Crippen molar-refractivity contribution < 1.29 is 14.2 Å². The summed E-state index contributed by atoms with van der Waals surface area (Å²) in [7, 11) is 0. The Balaban J connectivity index is 1.48. The van der Waals surface area contributed by atoms with Gasteiger partial charge in [0.05, 0.1) is 16.9 Å². The number of phenolic OH excluding ortho intramolecular Hbond substituents is 1. The second-order valence-electron chi connectivity index (χ2n) is 5.81. The lowest BCUT2D eigenvalue weighted by Crippen LogP contribution is -2.01. The third-order valence-electron chi connectivity index (χ3n) is 3.86. The van der Waals surface area contributed by atoms with Crippen molar-refractivity contribution >= 4 is 22.5 Å². The molecule has 4 rings (SSSR count). The molecule has 134 valence electrons. The number of hydrogen-bond donors (Lipinski definition) is 2. The number of nitrogens with zero attached hydrogens (tertiary/aromatic N) is 3. The molecule has 0 aliphatic rings. The van der Waals surface area contributed by atoms with Gasteiger partial charge in [-0.25, -0.2) is 14.4 Å². The van der Waals surface area contributed by atoms with Gasteiger partial charge >= 0.3 is 0 Å². The van der Waals surface area contributed by atoms with E-state index >= 15 is 0 Å². The summed E-state index contributed by atoms with van der Waals surface area (Å²) in [5.74, 6) is 0.315. The molecule has 0 atom stereocenters. The highest BCUT2D eigenvalue weighted by molar-refractivity contribution is 5.80. The Morgan fingerprint density at radius 1 is 1.04 bits per heavy atom. The predicted octanol–water partition coefficient (Wildman–Crippen LogP) is 4.19. The van der Waals surface area contributed by atoms with Crippen LogP contribution < -0.4 is 10.1 Å². The van der Waals surface area contributed by atoms with E-state index in [-0.39, 0.29) is 24.0 Å². The fourth-order valence-electron chi connectivity index (χ4n) is 2.53. The van der Waals surface area contributed by atoms with Crippen LogP contribution in [0.4, 0.5) is 16.0 Å². The molecule has 0 aliphatic carbocycles. The van der Waals surface area contributed by atoms with E-state index in [1.807, 2.05) is 18.2 Å². The maximum absolute atomic E-state index is 14.4. The van der Waals surface area contributed by atoms with Gasteiger partial charge in [-0.15, -0.1) is 0 Å². The number of rotatable bonds is 5. The highest BCUT2D eigenvalue weighted by atomic mass is 19.1. The smallest absolute Gasteiger partial charge is 0.227 e. The van der Waals surface area contributed by atoms with Crippen molar-refractivity contribution in [3.8, 4) is 11.5 Å². The normalized spacial score (nSPS) is 10.7. The zero-order valence-electron chi connectivity index (χ0n) is 14.1. The zero-order chi connectivity index (χ0) is 18.6. The Hall–Kier alpha value is -3.74. The van der Waals surface area contributed by atoms with E-state index in [0.29, 0.717) is 16.7 Å². The first-order valence-corrected chi connectivity index (χ1v) is 8.22. The summed E-state index contributed by atoms with van der Waals surface area (Å²) in [5.41, 5.74) is 1.63. The summed E-state index contributed by atoms with van der Waals surface area (Å²) in [4.78, 5) is 12.6. The van der Waals surface area contributed by atoms with Gasteiger partial charge in [0, 0.05) is 23.8 Å². The number of pyridine rings is 1. The summed E-state index contributed by atoms with van der Waals surface area (Å²) in [6.07, 6.45) is 3.24. The minimum Gasteiger partial charge on any atom is -0.508 e. The van der Waals surface area contributed by atoms with E-state index in [2.05, 4.69) is 20.3 Å². The molecule has 0 bridgehead atoms. The van der Waals surface area contributed by atoms with Crippen LogP contribution in [0.3, 0.4) is 0 Å². The molecule has 27 heavy (non-hydrogen) atoms. The van der Waals surface area contributed by atoms with Crippen molar-refractivity contribution in [2.75, 3.05) is 5.32 Å². The number of anilines is 2. The number of phenols is 1. The first-order valence-electron chi connectivity index (χ1n) is 8.22. The van der Waals surface area contributed by atoms with Crippen LogP contribution in [0.25, 0.3) is 10.9 Å². The lowest BCUT2D eigenvalue weighted by Gasteiger charge is -2.10. The van der Waals surface area contributed by atoms with Crippen molar-refractivity contribution in [3.63, 3.8) is 0 Å². The quantitative estimate of drug-likeness (QED) is 0.554. The molecule has 0 spiro atoms. The first-order chi connectivity index (χ1) is 13.2. The molecule has 0 fully saturated rings. The van der Waals surface area contributed by atoms with Gasteiger partial charge in [-0.1, -0.05) is 6.07 Å². The second kappa shape index (κ2) is 7.25. The van der Waals surface area contributed by atoms with Crippen molar-refractivity contribution in [1.82, 2.24) is 15.0 Å².